The molecule has 0 atom stereocenters. The maximum Gasteiger partial charge on any atom is 0.413 e. The molecule has 182 valence electrons. The highest BCUT2D eigenvalue weighted by molar-refractivity contribution is 14.1. The SMILES string of the molecule is CCOC(=O)Nc1nc2cc(I)cnc2n1Cc1ccc(OCc2ccc(OC)nc2)c(OC)c1. The summed E-state index contributed by atoms with van der Waals surface area (Å²) in [7, 11) is 3.16. The summed E-state index contributed by atoms with van der Waals surface area (Å²) in [6, 6.07) is 11.2. The van der Waals surface area contributed by atoms with Gasteiger partial charge in [0.05, 0.1) is 27.4 Å². The number of hydrogen-bond donors (Lipinski definition) is 1. The maximum absolute atomic E-state index is 12.1. The Morgan fingerprint density at radius 2 is 1.86 bits per heavy atom. The van der Waals surface area contributed by atoms with Crippen LogP contribution in [-0.4, -0.2) is 46.4 Å². The van der Waals surface area contributed by atoms with Gasteiger partial charge in [-0.15, -0.1) is 0 Å². The lowest BCUT2D eigenvalue weighted by Crippen LogP contribution is -2.17. The summed E-state index contributed by atoms with van der Waals surface area (Å²) in [5.74, 6) is 2.07. The van der Waals surface area contributed by atoms with Crippen LogP contribution in [0.5, 0.6) is 17.4 Å². The number of hydrogen-bond acceptors (Lipinski definition) is 8. The molecule has 0 unspecified atom stereocenters. The third-order valence-corrected chi connectivity index (χ3v) is 5.60. The number of methoxy groups -OCH3 is 2. The largest absolute Gasteiger partial charge is 0.493 e. The molecule has 35 heavy (non-hydrogen) atoms. The molecule has 0 fully saturated rings. The molecule has 4 aromatic rings. The number of carbonyl (C=O) groups is 1. The highest BCUT2D eigenvalue weighted by Crippen LogP contribution is 2.30. The molecule has 11 heteroatoms. The van der Waals surface area contributed by atoms with Crippen molar-refractivity contribution in [3.63, 3.8) is 0 Å². The minimum Gasteiger partial charge on any atom is -0.493 e. The number of anilines is 1. The van der Waals surface area contributed by atoms with Crippen molar-refractivity contribution in [2.75, 3.05) is 26.1 Å². The van der Waals surface area contributed by atoms with Gasteiger partial charge in [0.2, 0.25) is 11.8 Å². The van der Waals surface area contributed by atoms with E-state index >= 15 is 0 Å². The number of fused-ring (bicyclic) bond motifs is 1. The van der Waals surface area contributed by atoms with Crippen LogP contribution in [0.2, 0.25) is 0 Å². The fourth-order valence-electron chi connectivity index (χ4n) is 3.38. The number of carbonyl (C=O) groups excluding carboxylic acids is 1. The van der Waals surface area contributed by atoms with Crippen molar-refractivity contribution in [3.8, 4) is 17.4 Å². The molecular weight excluding hydrogens is 565 g/mol. The van der Waals surface area contributed by atoms with Crippen molar-refractivity contribution in [2.45, 2.75) is 20.1 Å². The second-order valence-electron chi connectivity index (χ2n) is 7.35. The van der Waals surface area contributed by atoms with Gasteiger partial charge in [-0.25, -0.2) is 19.7 Å². The number of halogens is 1. The summed E-state index contributed by atoms with van der Waals surface area (Å²) in [6.45, 7) is 2.72. The summed E-state index contributed by atoms with van der Waals surface area (Å²) < 4.78 is 24.4. The quantitative estimate of drug-likeness (QED) is 0.281. The number of aromatic nitrogens is 4. The topological polar surface area (TPSA) is 110 Å². The Morgan fingerprint density at radius 3 is 2.57 bits per heavy atom. The van der Waals surface area contributed by atoms with Crippen molar-refractivity contribution in [1.82, 2.24) is 19.5 Å². The monoisotopic (exact) mass is 589 g/mol. The number of nitrogens with one attached hydrogen (secondary N) is 1. The zero-order chi connectivity index (χ0) is 24.8. The first kappa shape index (κ1) is 24.5. The first-order valence-corrected chi connectivity index (χ1v) is 11.8. The molecule has 0 aliphatic carbocycles. The molecule has 0 bridgehead atoms. The van der Waals surface area contributed by atoms with E-state index in [2.05, 4.69) is 42.9 Å². The van der Waals surface area contributed by atoms with E-state index in [-0.39, 0.29) is 6.61 Å². The Labute approximate surface area is 215 Å². The Balaban J connectivity index is 1.57. The third kappa shape index (κ3) is 5.91. The summed E-state index contributed by atoms with van der Waals surface area (Å²) in [5, 5.41) is 2.70. The first-order chi connectivity index (χ1) is 17.0. The normalized spacial score (nSPS) is 10.7. The number of rotatable bonds is 9. The average Bonchev–Trinajstić information content (AvgIpc) is 3.18. The van der Waals surface area contributed by atoms with Crippen molar-refractivity contribution < 1.29 is 23.7 Å². The van der Waals surface area contributed by atoms with E-state index in [0.29, 0.717) is 47.6 Å². The first-order valence-electron chi connectivity index (χ1n) is 10.7. The molecule has 0 aliphatic rings. The van der Waals surface area contributed by atoms with Gasteiger partial charge in [-0.3, -0.25) is 9.88 Å². The van der Waals surface area contributed by atoms with Gasteiger partial charge < -0.3 is 18.9 Å². The molecule has 1 aromatic carbocycles. The minimum absolute atomic E-state index is 0.257. The van der Waals surface area contributed by atoms with Crippen molar-refractivity contribution >= 4 is 45.8 Å². The fraction of sp³-hybridized carbons (Fsp3) is 0.250. The fourth-order valence-corrected chi connectivity index (χ4v) is 3.81. The Kier molecular flexibility index (Phi) is 7.85. The van der Waals surface area contributed by atoms with Crippen LogP contribution in [0.3, 0.4) is 0 Å². The number of nitrogens with zero attached hydrogens (tertiary/aromatic N) is 4. The summed E-state index contributed by atoms with van der Waals surface area (Å²) in [6.07, 6.45) is 2.88. The highest BCUT2D eigenvalue weighted by atomic mass is 127. The number of ether oxygens (including phenoxy) is 4. The van der Waals surface area contributed by atoms with Gasteiger partial charge in [0.15, 0.2) is 17.1 Å². The molecule has 0 saturated carbocycles. The van der Waals surface area contributed by atoms with Crippen LogP contribution in [0.15, 0.2) is 48.8 Å². The zero-order valence-corrected chi connectivity index (χ0v) is 21.6. The van der Waals surface area contributed by atoms with Crippen molar-refractivity contribution in [1.29, 1.82) is 0 Å². The number of amides is 1. The summed E-state index contributed by atoms with van der Waals surface area (Å²) in [4.78, 5) is 25.3. The smallest absolute Gasteiger partial charge is 0.413 e. The van der Waals surface area contributed by atoms with Gasteiger partial charge >= 0.3 is 6.09 Å². The van der Waals surface area contributed by atoms with E-state index < -0.39 is 6.09 Å². The van der Waals surface area contributed by atoms with Gasteiger partial charge in [0, 0.05) is 27.6 Å². The second kappa shape index (κ2) is 11.2. The number of benzene rings is 1. The molecule has 3 heterocycles. The molecule has 10 nitrogen and oxygen atoms in total. The Bertz CT molecular complexity index is 1330. The lowest BCUT2D eigenvalue weighted by molar-refractivity contribution is 0.167. The Morgan fingerprint density at radius 1 is 1.03 bits per heavy atom. The lowest BCUT2D eigenvalue weighted by Gasteiger charge is -2.14. The maximum atomic E-state index is 12.1. The molecule has 1 amide bonds. The van der Waals surface area contributed by atoms with Crippen LogP contribution >= 0.6 is 22.6 Å². The predicted octanol–water partition coefficient (Wildman–Crippen LogP) is 4.64. The van der Waals surface area contributed by atoms with E-state index in [4.69, 9.17) is 18.9 Å². The molecule has 0 radical (unpaired) electrons. The lowest BCUT2D eigenvalue weighted by atomic mass is 10.2. The van der Waals surface area contributed by atoms with Gasteiger partial charge in [-0.2, -0.15) is 0 Å². The van der Waals surface area contributed by atoms with Gasteiger partial charge in [0.25, 0.3) is 0 Å². The molecule has 1 N–H and O–H groups in total. The van der Waals surface area contributed by atoms with Crippen LogP contribution in [0.25, 0.3) is 11.2 Å². The van der Waals surface area contributed by atoms with Gasteiger partial charge in [0.1, 0.15) is 12.1 Å². The minimum atomic E-state index is -0.576. The Hall–Kier alpha value is -3.61. The molecule has 3 aromatic heterocycles. The molecule has 0 saturated heterocycles. The number of pyridine rings is 2. The van der Waals surface area contributed by atoms with Crippen LogP contribution in [-0.2, 0) is 17.9 Å². The highest BCUT2D eigenvalue weighted by Gasteiger charge is 2.17. The number of imidazole rings is 1. The van der Waals surface area contributed by atoms with E-state index in [0.717, 1.165) is 14.7 Å². The van der Waals surface area contributed by atoms with Crippen LogP contribution < -0.4 is 19.5 Å². The standard InChI is InChI=1S/C24H24IN5O5/c1-4-34-24(31)29-23-28-18-10-17(25)12-27-22(18)30(23)13-15-5-7-19(20(9-15)32-2)35-14-16-6-8-21(33-3)26-11-16/h5-12H,4,13-14H2,1-3H3,(H,28,29,31). The molecule has 0 aliphatic heterocycles. The van der Waals surface area contributed by atoms with Crippen LogP contribution in [0.1, 0.15) is 18.1 Å². The van der Waals surface area contributed by atoms with Gasteiger partial charge in [-0.05, 0) is 59.3 Å². The van der Waals surface area contributed by atoms with Crippen molar-refractivity contribution in [2.24, 2.45) is 0 Å². The van der Waals surface area contributed by atoms with Crippen LogP contribution in [0.4, 0.5) is 10.7 Å². The van der Waals surface area contributed by atoms with E-state index in [9.17, 15) is 4.79 Å². The van der Waals surface area contributed by atoms with Crippen LogP contribution in [0, 0.1) is 3.57 Å². The summed E-state index contributed by atoms with van der Waals surface area (Å²) >= 11 is 2.18. The third-order valence-electron chi connectivity index (χ3n) is 5.01. The summed E-state index contributed by atoms with van der Waals surface area (Å²) in [5.41, 5.74) is 3.12. The zero-order valence-electron chi connectivity index (χ0n) is 19.4. The molecular formula is C24H24IN5O5. The van der Waals surface area contributed by atoms with Gasteiger partial charge in [-0.1, -0.05) is 6.07 Å². The van der Waals surface area contributed by atoms with E-state index in [1.807, 2.05) is 34.9 Å². The predicted molar refractivity (Wildman–Crippen MR) is 138 cm³/mol. The molecule has 4 rings (SSSR count). The average molecular weight is 589 g/mol. The van der Waals surface area contributed by atoms with E-state index in [1.165, 1.54) is 0 Å². The molecule has 0 spiro atoms. The van der Waals surface area contributed by atoms with Crippen molar-refractivity contribution in [3.05, 3.63) is 63.5 Å². The second-order valence-corrected chi connectivity index (χ2v) is 8.59. The van der Waals surface area contributed by atoms with E-state index in [1.54, 1.807) is 39.6 Å².